The van der Waals surface area contributed by atoms with Crippen molar-refractivity contribution < 1.29 is 9.53 Å². The van der Waals surface area contributed by atoms with Crippen LogP contribution in [0.4, 0.5) is 0 Å². The summed E-state index contributed by atoms with van der Waals surface area (Å²) >= 11 is 3.38. The van der Waals surface area contributed by atoms with Crippen molar-refractivity contribution in [2.75, 3.05) is 7.11 Å². The second-order valence-corrected chi connectivity index (χ2v) is 5.02. The van der Waals surface area contributed by atoms with Crippen molar-refractivity contribution in [2.45, 2.75) is 13.8 Å². The van der Waals surface area contributed by atoms with Gasteiger partial charge in [0.1, 0.15) is 0 Å². The predicted octanol–water partition coefficient (Wildman–Crippen LogP) is 3.64. The molecule has 2 aromatic rings. The molecule has 94 valence electrons. The number of methoxy groups -OCH3 is 1. The SMILES string of the molecule is COC(=O)c1cc(Br)ccc1-n1c(C)ccc1C. The van der Waals surface area contributed by atoms with E-state index >= 15 is 0 Å². The van der Waals surface area contributed by atoms with Crippen molar-refractivity contribution in [3.05, 3.63) is 51.8 Å². The van der Waals surface area contributed by atoms with Gasteiger partial charge >= 0.3 is 5.97 Å². The van der Waals surface area contributed by atoms with Gasteiger partial charge in [-0.15, -0.1) is 0 Å². The van der Waals surface area contributed by atoms with E-state index in [0.29, 0.717) is 5.56 Å². The molecule has 2 rings (SSSR count). The van der Waals surface area contributed by atoms with E-state index in [1.165, 1.54) is 7.11 Å². The van der Waals surface area contributed by atoms with E-state index in [-0.39, 0.29) is 5.97 Å². The van der Waals surface area contributed by atoms with Crippen LogP contribution in [0.3, 0.4) is 0 Å². The first-order valence-corrected chi connectivity index (χ1v) is 6.37. The van der Waals surface area contributed by atoms with E-state index in [1.807, 2.05) is 42.7 Å². The molecule has 1 heterocycles. The fourth-order valence-corrected chi connectivity index (χ4v) is 2.39. The van der Waals surface area contributed by atoms with Gasteiger partial charge in [-0.1, -0.05) is 15.9 Å². The van der Waals surface area contributed by atoms with E-state index in [4.69, 9.17) is 4.74 Å². The van der Waals surface area contributed by atoms with E-state index in [9.17, 15) is 4.79 Å². The Morgan fingerprint density at radius 3 is 2.33 bits per heavy atom. The molecular formula is C14H14BrNO2. The Bertz CT molecular complexity index is 582. The Kier molecular flexibility index (Phi) is 3.57. The van der Waals surface area contributed by atoms with Crippen LogP contribution < -0.4 is 0 Å². The molecule has 0 spiro atoms. The number of hydrogen-bond acceptors (Lipinski definition) is 2. The molecule has 1 aromatic heterocycles. The van der Waals surface area contributed by atoms with Crippen molar-refractivity contribution in [1.29, 1.82) is 0 Å². The number of hydrogen-bond donors (Lipinski definition) is 0. The normalized spacial score (nSPS) is 10.4. The van der Waals surface area contributed by atoms with Crippen LogP contribution in [0, 0.1) is 13.8 Å². The summed E-state index contributed by atoms with van der Waals surface area (Å²) in [5, 5.41) is 0. The largest absolute Gasteiger partial charge is 0.465 e. The molecule has 0 radical (unpaired) electrons. The molecule has 0 saturated heterocycles. The molecule has 0 N–H and O–H groups in total. The van der Waals surface area contributed by atoms with Crippen LogP contribution in [0.15, 0.2) is 34.8 Å². The zero-order chi connectivity index (χ0) is 13.3. The van der Waals surface area contributed by atoms with Crippen LogP contribution in [0.25, 0.3) is 5.69 Å². The zero-order valence-electron chi connectivity index (χ0n) is 10.5. The fourth-order valence-electron chi connectivity index (χ4n) is 2.03. The fraction of sp³-hybridized carbons (Fsp3) is 0.214. The van der Waals surface area contributed by atoms with Gasteiger partial charge < -0.3 is 9.30 Å². The van der Waals surface area contributed by atoms with Crippen molar-refractivity contribution in [2.24, 2.45) is 0 Å². The monoisotopic (exact) mass is 307 g/mol. The molecule has 4 heteroatoms. The molecule has 0 fully saturated rings. The topological polar surface area (TPSA) is 31.2 Å². The number of aryl methyl sites for hydroxylation is 2. The minimum Gasteiger partial charge on any atom is -0.465 e. The van der Waals surface area contributed by atoms with E-state index in [2.05, 4.69) is 15.9 Å². The van der Waals surface area contributed by atoms with E-state index < -0.39 is 0 Å². The zero-order valence-corrected chi connectivity index (χ0v) is 12.1. The van der Waals surface area contributed by atoms with Gasteiger partial charge in [-0.05, 0) is 44.2 Å². The Balaban J connectivity index is 2.68. The average molecular weight is 308 g/mol. The molecular weight excluding hydrogens is 294 g/mol. The predicted molar refractivity (Wildman–Crippen MR) is 74.3 cm³/mol. The quantitative estimate of drug-likeness (QED) is 0.793. The van der Waals surface area contributed by atoms with Crippen LogP contribution in [-0.2, 0) is 4.74 Å². The number of nitrogens with zero attached hydrogens (tertiary/aromatic N) is 1. The van der Waals surface area contributed by atoms with Crippen molar-refractivity contribution in [3.63, 3.8) is 0 Å². The van der Waals surface area contributed by atoms with E-state index in [1.54, 1.807) is 6.07 Å². The van der Waals surface area contributed by atoms with Gasteiger partial charge in [0, 0.05) is 15.9 Å². The summed E-state index contributed by atoms with van der Waals surface area (Å²) in [6.07, 6.45) is 0. The van der Waals surface area contributed by atoms with Gasteiger partial charge in [-0.3, -0.25) is 0 Å². The molecule has 0 amide bonds. The summed E-state index contributed by atoms with van der Waals surface area (Å²) in [4.78, 5) is 11.8. The highest BCUT2D eigenvalue weighted by molar-refractivity contribution is 9.10. The van der Waals surface area contributed by atoms with Crippen LogP contribution in [0.5, 0.6) is 0 Å². The summed E-state index contributed by atoms with van der Waals surface area (Å²) in [7, 11) is 1.39. The van der Waals surface area contributed by atoms with Crippen molar-refractivity contribution >= 4 is 21.9 Å². The number of aromatic nitrogens is 1. The molecule has 0 aliphatic rings. The summed E-state index contributed by atoms with van der Waals surface area (Å²) in [5.74, 6) is -0.334. The number of carbonyl (C=O) groups excluding carboxylic acids is 1. The third-order valence-electron chi connectivity index (χ3n) is 2.88. The maximum absolute atomic E-state index is 11.8. The molecule has 3 nitrogen and oxygen atoms in total. The van der Waals surface area contributed by atoms with Gasteiger partial charge in [0.15, 0.2) is 0 Å². The third-order valence-corrected chi connectivity index (χ3v) is 3.37. The molecule has 0 atom stereocenters. The molecule has 0 aliphatic heterocycles. The van der Waals surface area contributed by atoms with Gasteiger partial charge in [0.25, 0.3) is 0 Å². The van der Waals surface area contributed by atoms with Gasteiger partial charge in [0.2, 0.25) is 0 Å². The van der Waals surface area contributed by atoms with Gasteiger partial charge in [0.05, 0.1) is 18.4 Å². The highest BCUT2D eigenvalue weighted by Crippen LogP contribution is 2.24. The van der Waals surface area contributed by atoms with Crippen LogP contribution in [0.2, 0.25) is 0 Å². The minimum absolute atomic E-state index is 0.334. The van der Waals surface area contributed by atoms with Crippen LogP contribution in [0.1, 0.15) is 21.7 Å². The number of halogens is 1. The molecule has 1 aromatic carbocycles. The molecule has 0 bridgehead atoms. The Morgan fingerprint density at radius 1 is 1.17 bits per heavy atom. The van der Waals surface area contributed by atoms with Gasteiger partial charge in [-0.25, -0.2) is 4.79 Å². The number of rotatable bonds is 2. The summed E-state index contributed by atoms with van der Waals surface area (Å²) in [6.45, 7) is 4.02. The third kappa shape index (κ3) is 2.20. The van der Waals surface area contributed by atoms with Crippen molar-refractivity contribution in [1.82, 2.24) is 4.57 Å². The lowest BCUT2D eigenvalue weighted by molar-refractivity contribution is 0.0600. The smallest absolute Gasteiger partial charge is 0.340 e. The van der Waals surface area contributed by atoms with Crippen LogP contribution >= 0.6 is 15.9 Å². The minimum atomic E-state index is -0.334. The average Bonchev–Trinajstić information content (AvgIpc) is 2.68. The van der Waals surface area contributed by atoms with E-state index in [0.717, 1.165) is 21.5 Å². The Labute approximate surface area is 115 Å². The second kappa shape index (κ2) is 4.98. The number of esters is 1. The highest BCUT2D eigenvalue weighted by Gasteiger charge is 2.15. The molecule has 18 heavy (non-hydrogen) atoms. The maximum Gasteiger partial charge on any atom is 0.340 e. The standard InChI is InChI=1S/C14H14BrNO2/c1-9-4-5-10(2)16(9)13-7-6-11(15)8-12(13)14(17)18-3/h4-8H,1-3H3. The first kappa shape index (κ1) is 12.9. The summed E-state index contributed by atoms with van der Waals surface area (Å²) in [5.41, 5.74) is 3.55. The second-order valence-electron chi connectivity index (χ2n) is 4.10. The first-order chi connectivity index (χ1) is 8.54. The maximum atomic E-state index is 11.8. The molecule has 0 saturated carbocycles. The van der Waals surface area contributed by atoms with Crippen molar-refractivity contribution in [3.8, 4) is 5.69 Å². The lowest BCUT2D eigenvalue weighted by Crippen LogP contribution is -2.09. The van der Waals surface area contributed by atoms with Crippen LogP contribution in [-0.4, -0.2) is 17.6 Å². The summed E-state index contributed by atoms with van der Waals surface area (Å²) < 4.78 is 7.73. The molecule has 0 aliphatic carbocycles. The Hall–Kier alpha value is -1.55. The number of carbonyl (C=O) groups is 1. The first-order valence-electron chi connectivity index (χ1n) is 5.58. The lowest BCUT2D eigenvalue weighted by atomic mass is 10.1. The van der Waals surface area contributed by atoms with Gasteiger partial charge in [-0.2, -0.15) is 0 Å². The molecule has 0 unspecified atom stereocenters. The highest BCUT2D eigenvalue weighted by atomic mass is 79.9. The number of ether oxygens (including phenoxy) is 1. The summed E-state index contributed by atoms with van der Waals surface area (Å²) in [6, 6.07) is 9.66. The lowest BCUT2D eigenvalue weighted by Gasteiger charge is -2.13. The Morgan fingerprint density at radius 2 is 1.78 bits per heavy atom. The number of benzene rings is 1.